The number of hydrogen-bond acceptors (Lipinski definition) is 1. The summed E-state index contributed by atoms with van der Waals surface area (Å²) in [5.74, 6) is 0. The molecule has 0 bridgehead atoms. The van der Waals surface area contributed by atoms with Crippen LogP contribution < -0.4 is 5.73 Å². The summed E-state index contributed by atoms with van der Waals surface area (Å²) in [5.41, 5.74) is 4.85. The summed E-state index contributed by atoms with van der Waals surface area (Å²) in [4.78, 5) is 0. The van der Waals surface area contributed by atoms with Crippen LogP contribution in [0.5, 0.6) is 0 Å². The molecule has 1 nitrogen and oxygen atoms in total. The fraction of sp³-hybridized carbons (Fsp3) is 0.667. The highest BCUT2D eigenvalue weighted by atomic mass is 19.3. The lowest BCUT2D eigenvalue weighted by atomic mass is 10.8. The van der Waals surface area contributed by atoms with E-state index >= 15 is 0 Å². The average molecular weight is 96.1 g/mol. The van der Waals surface area contributed by atoms with Gasteiger partial charge in [-0.1, -0.05) is 6.92 Å². The van der Waals surface area contributed by atoms with Crippen LogP contribution in [0.25, 0.3) is 0 Å². The lowest BCUT2D eigenvalue weighted by Crippen LogP contribution is -1.87. The zero-order valence-corrected chi connectivity index (χ0v) is 3.62. The SMILES string of the molecule is CCN.F[CH]F. The van der Waals surface area contributed by atoms with Crippen LogP contribution in [-0.4, -0.2) is 6.54 Å². The summed E-state index contributed by atoms with van der Waals surface area (Å²) in [7, 11) is 0. The summed E-state index contributed by atoms with van der Waals surface area (Å²) in [6.07, 6.45) is 0. The van der Waals surface area contributed by atoms with E-state index in [0.717, 1.165) is 6.54 Å². The van der Waals surface area contributed by atoms with E-state index in [9.17, 15) is 8.78 Å². The van der Waals surface area contributed by atoms with Crippen LogP contribution in [0.1, 0.15) is 6.92 Å². The van der Waals surface area contributed by atoms with Gasteiger partial charge in [-0.3, -0.25) is 0 Å². The van der Waals surface area contributed by atoms with Crippen LogP contribution in [0.4, 0.5) is 8.78 Å². The van der Waals surface area contributed by atoms with Gasteiger partial charge in [0.05, 0.1) is 0 Å². The summed E-state index contributed by atoms with van der Waals surface area (Å²) < 4.78 is 19.0. The molecule has 3 heteroatoms. The van der Waals surface area contributed by atoms with E-state index in [0.29, 0.717) is 0 Å². The Morgan fingerprint density at radius 1 is 1.67 bits per heavy atom. The minimum atomic E-state index is -1.00. The molecule has 0 amide bonds. The fourth-order valence-corrected chi connectivity index (χ4v) is 0. The Kier molecular flexibility index (Phi) is 32.8. The maximum atomic E-state index is 9.50. The standard InChI is InChI=1S/C2H7N.CHF2/c1-2-3;2-1-3/h2-3H2,1H3;1H. The van der Waals surface area contributed by atoms with Gasteiger partial charge < -0.3 is 5.73 Å². The van der Waals surface area contributed by atoms with Gasteiger partial charge in [0.25, 0.3) is 6.93 Å². The molecule has 0 heterocycles. The second-order valence-electron chi connectivity index (χ2n) is 0.491. The van der Waals surface area contributed by atoms with Crippen molar-refractivity contribution in [3.63, 3.8) is 0 Å². The van der Waals surface area contributed by atoms with E-state index in [4.69, 9.17) is 5.73 Å². The van der Waals surface area contributed by atoms with Crippen LogP contribution in [0.2, 0.25) is 0 Å². The minimum Gasteiger partial charge on any atom is -0.331 e. The predicted molar refractivity (Wildman–Crippen MR) is 21.2 cm³/mol. The highest BCUT2D eigenvalue weighted by molar-refractivity contribution is 4.00. The third-order valence-corrected chi connectivity index (χ3v) is 0. The molecule has 0 aromatic carbocycles. The van der Waals surface area contributed by atoms with Gasteiger partial charge in [-0.25, -0.2) is 8.78 Å². The Bertz CT molecular complexity index is 10.8. The molecule has 0 atom stereocenters. The molecule has 0 saturated heterocycles. The van der Waals surface area contributed by atoms with E-state index in [2.05, 4.69) is 0 Å². The van der Waals surface area contributed by atoms with Crippen molar-refractivity contribution in [3.8, 4) is 0 Å². The molecule has 2 N–H and O–H groups in total. The smallest absolute Gasteiger partial charge is 0.298 e. The first kappa shape index (κ1) is 9.27. The van der Waals surface area contributed by atoms with E-state index in [1.807, 2.05) is 6.92 Å². The molecule has 0 aromatic heterocycles. The van der Waals surface area contributed by atoms with Gasteiger partial charge in [-0.2, -0.15) is 0 Å². The van der Waals surface area contributed by atoms with Gasteiger partial charge in [0.1, 0.15) is 0 Å². The number of halogens is 2. The summed E-state index contributed by atoms with van der Waals surface area (Å²) in [6, 6.07) is 0. The molecule has 0 rings (SSSR count). The number of hydrogen-bond donors (Lipinski definition) is 1. The van der Waals surface area contributed by atoms with Crippen LogP contribution in [0.3, 0.4) is 0 Å². The summed E-state index contributed by atoms with van der Waals surface area (Å²) in [6.45, 7) is 1.65. The van der Waals surface area contributed by atoms with Gasteiger partial charge in [-0.15, -0.1) is 0 Å². The van der Waals surface area contributed by atoms with Crippen molar-refractivity contribution >= 4 is 0 Å². The summed E-state index contributed by atoms with van der Waals surface area (Å²) in [5, 5.41) is 0. The van der Waals surface area contributed by atoms with Crippen molar-refractivity contribution < 1.29 is 8.78 Å². The van der Waals surface area contributed by atoms with Gasteiger partial charge in [0, 0.05) is 0 Å². The normalized spacial score (nSPS) is 6.00. The van der Waals surface area contributed by atoms with Crippen molar-refractivity contribution in [1.29, 1.82) is 0 Å². The first-order valence-corrected chi connectivity index (χ1v) is 1.55. The van der Waals surface area contributed by atoms with Gasteiger partial charge in [0.2, 0.25) is 0 Å². The number of nitrogens with two attached hydrogens (primary N) is 1. The predicted octanol–water partition coefficient (Wildman–Crippen LogP) is 1.01. The maximum absolute atomic E-state index is 9.50. The highest BCUT2D eigenvalue weighted by Gasteiger charge is 1.48. The molecule has 6 heavy (non-hydrogen) atoms. The molecule has 0 aromatic rings. The van der Waals surface area contributed by atoms with Crippen LogP contribution in [-0.2, 0) is 0 Å². The van der Waals surface area contributed by atoms with Crippen molar-refractivity contribution in [1.82, 2.24) is 0 Å². The molecule has 39 valence electrons. The van der Waals surface area contributed by atoms with Gasteiger partial charge in [0.15, 0.2) is 0 Å². The molecule has 0 fully saturated rings. The Balaban J connectivity index is 0. The van der Waals surface area contributed by atoms with Gasteiger partial charge in [-0.05, 0) is 6.54 Å². The minimum absolute atomic E-state index is 0.750. The second-order valence-corrected chi connectivity index (χ2v) is 0.491. The first-order valence-electron chi connectivity index (χ1n) is 1.55. The molecule has 1 radical (unpaired) electrons. The quantitative estimate of drug-likeness (QED) is 0.478. The first-order chi connectivity index (χ1) is 2.83. The third kappa shape index (κ3) is 938. The molecular formula is C3H8F2N. The summed E-state index contributed by atoms with van der Waals surface area (Å²) >= 11 is 0. The highest BCUT2D eigenvalue weighted by Crippen LogP contribution is 1.68. The Morgan fingerprint density at radius 3 is 1.67 bits per heavy atom. The van der Waals surface area contributed by atoms with Crippen LogP contribution in [0, 0.1) is 6.93 Å². The van der Waals surface area contributed by atoms with Crippen molar-refractivity contribution in [3.05, 3.63) is 6.93 Å². The molecule has 0 aliphatic heterocycles. The van der Waals surface area contributed by atoms with E-state index in [-0.39, 0.29) is 0 Å². The zero-order chi connectivity index (χ0) is 5.41. The Morgan fingerprint density at radius 2 is 1.67 bits per heavy atom. The molecule has 0 aliphatic carbocycles. The molecule has 0 aliphatic rings. The second kappa shape index (κ2) is 21.2. The molecule has 0 unspecified atom stereocenters. The van der Waals surface area contributed by atoms with Crippen LogP contribution in [0.15, 0.2) is 0 Å². The lowest BCUT2D eigenvalue weighted by molar-refractivity contribution is 0.404. The van der Waals surface area contributed by atoms with E-state index in [1.165, 1.54) is 0 Å². The van der Waals surface area contributed by atoms with Crippen molar-refractivity contribution in [2.24, 2.45) is 5.73 Å². The van der Waals surface area contributed by atoms with E-state index < -0.39 is 6.93 Å². The Hall–Kier alpha value is -0.180. The Labute approximate surface area is 36.1 Å². The van der Waals surface area contributed by atoms with Gasteiger partial charge >= 0.3 is 0 Å². The largest absolute Gasteiger partial charge is 0.331 e. The maximum Gasteiger partial charge on any atom is 0.298 e. The average Bonchev–Trinajstić information content (AvgIpc) is 1.39. The lowest BCUT2D eigenvalue weighted by Gasteiger charge is -1.53. The monoisotopic (exact) mass is 96.1 g/mol. The number of rotatable bonds is 0. The fourth-order valence-electron chi connectivity index (χ4n) is 0. The van der Waals surface area contributed by atoms with E-state index in [1.54, 1.807) is 0 Å². The van der Waals surface area contributed by atoms with Crippen molar-refractivity contribution in [2.45, 2.75) is 6.92 Å². The van der Waals surface area contributed by atoms with Crippen LogP contribution >= 0.6 is 0 Å². The molecule has 0 saturated carbocycles. The van der Waals surface area contributed by atoms with Crippen molar-refractivity contribution in [2.75, 3.05) is 6.54 Å². The zero-order valence-electron chi connectivity index (χ0n) is 3.62. The molecule has 0 spiro atoms. The third-order valence-electron chi connectivity index (χ3n) is 0. The molecular weight excluding hydrogens is 88.0 g/mol. The topological polar surface area (TPSA) is 26.0 Å².